The molecule has 1 fully saturated rings. The zero-order valence-electron chi connectivity index (χ0n) is 13.9. The van der Waals surface area contributed by atoms with Crippen molar-refractivity contribution < 1.29 is 19.0 Å². The van der Waals surface area contributed by atoms with Gasteiger partial charge in [0.2, 0.25) is 5.91 Å². The number of amides is 1. The molecule has 126 valence electrons. The van der Waals surface area contributed by atoms with Gasteiger partial charge in [0.05, 0.1) is 14.2 Å². The lowest BCUT2D eigenvalue weighted by molar-refractivity contribution is -0.122. The lowest BCUT2D eigenvalue weighted by Crippen LogP contribution is -2.27. The molecule has 1 N–H and O–H groups in total. The van der Waals surface area contributed by atoms with Crippen LogP contribution in [-0.4, -0.2) is 20.1 Å². The van der Waals surface area contributed by atoms with Crippen molar-refractivity contribution >= 4 is 11.6 Å². The molecule has 5 nitrogen and oxygen atoms in total. The molecule has 0 spiro atoms. The number of carbonyl (C=O) groups excluding carboxylic acids is 1. The third kappa shape index (κ3) is 3.62. The fourth-order valence-corrected chi connectivity index (χ4v) is 2.52. The minimum Gasteiger partial charge on any atom is -0.497 e. The quantitative estimate of drug-likeness (QED) is 0.862. The first-order valence-corrected chi connectivity index (χ1v) is 8.00. The molecular weight excluding hydrogens is 306 g/mol. The Bertz CT molecular complexity index is 708. The second-order valence-corrected chi connectivity index (χ2v) is 5.76. The number of carbonyl (C=O) groups is 1. The van der Waals surface area contributed by atoms with Gasteiger partial charge in [0.1, 0.15) is 11.5 Å². The van der Waals surface area contributed by atoms with Crippen molar-refractivity contribution in [3.8, 4) is 23.0 Å². The van der Waals surface area contributed by atoms with Gasteiger partial charge in [0.15, 0.2) is 11.5 Å². The van der Waals surface area contributed by atoms with Crippen LogP contribution in [0.5, 0.6) is 23.0 Å². The molecule has 1 aliphatic rings. The lowest BCUT2D eigenvalue weighted by atomic mass is 9.85. The summed E-state index contributed by atoms with van der Waals surface area (Å²) < 4.78 is 16.4. The van der Waals surface area contributed by atoms with Crippen molar-refractivity contribution in [2.75, 3.05) is 19.5 Å². The molecule has 0 aromatic heterocycles. The Morgan fingerprint density at radius 2 is 1.67 bits per heavy atom. The molecule has 0 saturated heterocycles. The number of nitrogens with one attached hydrogen (secondary N) is 1. The topological polar surface area (TPSA) is 56.8 Å². The number of anilines is 1. The zero-order valence-corrected chi connectivity index (χ0v) is 13.9. The van der Waals surface area contributed by atoms with Gasteiger partial charge >= 0.3 is 0 Å². The van der Waals surface area contributed by atoms with E-state index in [0.29, 0.717) is 22.9 Å². The normalized spacial score (nSPS) is 13.8. The molecule has 3 rings (SSSR count). The highest BCUT2D eigenvalue weighted by atomic mass is 16.5. The number of ether oxygens (including phenoxy) is 3. The van der Waals surface area contributed by atoms with Crippen molar-refractivity contribution in [2.45, 2.75) is 19.3 Å². The first-order valence-electron chi connectivity index (χ1n) is 8.00. The number of hydrogen-bond acceptors (Lipinski definition) is 4. The summed E-state index contributed by atoms with van der Waals surface area (Å²) in [6.45, 7) is 0. The summed E-state index contributed by atoms with van der Waals surface area (Å²) in [5, 5.41) is 2.95. The Morgan fingerprint density at radius 1 is 0.958 bits per heavy atom. The average Bonchev–Trinajstić information content (AvgIpc) is 2.54. The molecule has 0 unspecified atom stereocenters. The van der Waals surface area contributed by atoms with Gasteiger partial charge in [0, 0.05) is 17.7 Å². The number of hydrogen-bond donors (Lipinski definition) is 1. The van der Waals surface area contributed by atoms with Gasteiger partial charge in [-0.25, -0.2) is 0 Å². The molecule has 0 atom stereocenters. The Morgan fingerprint density at radius 3 is 2.25 bits per heavy atom. The molecule has 1 amide bonds. The highest BCUT2D eigenvalue weighted by molar-refractivity contribution is 5.93. The number of rotatable bonds is 6. The largest absolute Gasteiger partial charge is 0.497 e. The van der Waals surface area contributed by atoms with Gasteiger partial charge in [-0.05, 0) is 49.2 Å². The van der Waals surface area contributed by atoms with Crippen LogP contribution in [0.25, 0.3) is 0 Å². The Kier molecular flexibility index (Phi) is 4.89. The first-order chi connectivity index (χ1) is 11.7. The summed E-state index contributed by atoms with van der Waals surface area (Å²) >= 11 is 0. The SMILES string of the molecule is COc1ccc(Oc2cc(NC(=O)C3CCC3)ccc2OC)cc1. The van der Waals surface area contributed by atoms with Crippen molar-refractivity contribution in [1.29, 1.82) is 0 Å². The average molecular weight is 327 g/mol. The van der Waals surface area contributed by atoms with Crippen molar-refractivity contribution in [1.82, 2.24) is 0 Å². The fourth-order valence-electron chi connectivity index (χ4n) is 2.52. The van der Waals surface area contributed by atoms with Crippen LogP contribution < -0.4 is 19.5 Å². The third-order valence-corrected chi connectivity index (χ3v) is 4.19. The zero-order chi connectivity index (χ0) is 16.9. The van der Waals surface area contributed by atoms with Crippen LogP contribution in [0, 0.1) is 5.92 Å². The van der Waals surface area contributed by atoms with E-state index in [9.17, 15) is 4.79 Å². The second-order valence-electron chi connectivity index (χ2n) is 5.76. The fraction of sp³-hybridized carbons (Fsp3) is 0.316. The van der Waals surface area contributed by atoms with Crippen molar-refractivity contribution in [3.05, 3.63) is 42.5 Å². The van der Waals surface area contributed by atoms with E-state index in [2.05, 4.69) is 5.32 Å². The maximum Gasteiger partial charge on any atom is 0.227 e. The summed E-state index contributed by atoms with van der Waals surface area (Å²) in [5.74, 6) is 2.79. The van der Waals surface area contributed by atoms with E-state index in [-0.39, 0.29) is 11.8 Å². The third-order valence-electron chi connectivity index (χ3n) is 4.19. The molecule has 0 aliphatic heterocycles. The van der Waals surface area contributed by atoms with Gasteiger partial charge < -0.3 is 19.5 Å². The maximum atomic E-state index is 12.1. The van der Waals surface area contributed by atoms with Crippen LogP contribution in [0.4, 0.5) is 5.69 Å². The molecule has 1 aliphatic carbocycles. The highest BCUT2D eigenvalue weighted by Gasteiger charge is 2.25. The Hall–Kier alpha value is -2.69. The van der Waals surface area contributed by atoms with E-state index in [4.69, 9.17) is 14.2 Å². The van der Waals surface area contributed by atoms with Crippen LogP contribution in [0.3, 0.4) is 0 Å². The summed E-state index contributed by atoms with van der Waals surface area (Å²) in [5.41, 5.74) is 0.705. The summed E-state index contributed by atoms with van der Waals surface area (Å²) in [6.07, 6.45) is 3.07. The molecule has 0 radical (unpaired) electrons. The van der Waals surface area contributed by atoms with Crippen molar-refractivity contribution in [3.63, 3.8) is 0 Å². The smallest absolute Gasteiger partial charge is 0.227 e. The van der Waals surface area contributed by atoms with E-state index in [0.717, 1.165) is 25.0 Å². The highest BCUT2D eigenvalue weighted by Crippen LogP contribution is 2.35. The molecule has 2 aromatic rings. The number of methoxy groups -OCH3 is 2. The molecule has 2 aromatic carbocycles. The van der Waals surface area contributed by atoms with Crippen LogP contribution in [0.1, 0.15) is 19.3 Å². The molecule has 0 bridgehead atoms. The van der Waals surface area contributed by atoms with E-state index in [1.54, 1.807) is 26.4 Å². The van der Waals surface area contributed by atoms with E-state index >= 15 is 0 Å². The molecular formula is C19H21NO4. The minimum atomic E-state index is 0.0711. The molecule has 24 heavy (non-hydrogen) atoms. The van der Waals surface area contributed by atoms with Gasteiger partial charge in [-0.3, -0.25) is 4.79 Å². The predicted molar refractivity (Wildman–Crippen MR) is 92.0 cm³/mol. The van der Waals surface area contributed by atoms with Gasteiger partial charge in [-0.1, -0.05) is 6.42 Å². The summed E-state index contributed by atoms with van der Waals surface area (Å²) in [6, 6.07) is 12.7. The van der Waals surface area contributed by atoms with Crippen molar-refractivity contribution in [2.24, 2.45) is 5.92 Å². The van der Waals surface area contributed by atoms with Gasteiger partial charge in [0.25, 0.3) is 0 Å². The predicted octanol–water partition coefficient (Wildman–Crippen LogP) is 4.23. The van der Waals surface area contributed by atoms with Gasteiger partial charge in [-0.2, -0.15) is 0 Å². The van der Waals surface area contributed by atoms with Gasteiger partial charge in [-0.15, -0.1) is 0 Å². The molecule has 5 heteroatoms. The summed E-state index contributed by atoms with van der Waals surface area (Å²) in [7, 11) is 3.20. The molecule has 1 saturated carbocycles. The molecule has 0 heterocycles. The van der Waals surface area contributed by atoms with Crippen LogP contribution >= 0.6 is 0 Å². The van der Waals surface area contributed by atoms with E-state index < -0.39 is 0 Å². The Labute approximate surface area is 141 Å². The standard InChI is InChI=1S/C19H21NO4/c1-22-15-7-9-16(10-8-15)24-18-12-14(6-11-17(18)23-2)20-19(21)13-4-3-5-13/h6-13H,3-5H2,1-2H3,(H,20,21). The monoisotopic (exact) mass is 327 g/mol. The number of benzene rings is 2. The lowest BCUT2D eigenvalue weighted by Gasteiger charge is -2.24. The Balaban J connectivity index is 1.76. The van der Waals surface area contributed by atoms with E-state index in [1.807, 2.05) is 30.3 Å². The van der Waals surface area contributed by atoms with Crippen LogP contribution in [-0.2, 0) is 4.79 Å². The minimum absolute atomic E-state index is 0.0711. The van der Waals surface area contributed by atoms with Crippen LogP contribution in [0.2, 0.25) is 0 Å². The van der Waals surface area contributed by atoms with E-state index in [1.165, 1.54) is 0 Å². The first kappa shape index (κ1) is 16.2. The summed E-state index contributed by atoms with van der Waals surface area (Å²) in [4.78, 5) is 12.1. The second kappa shape index (κ2) is 7.25. The van der Waals surface area contributed by atoms with Crippen LogP contribution in [0.15, 0.2) is 42.5 Å². The maximum absolute atomic E-state index is 12.1.